The number of halogens is 1. The SMILES string of the molecule is CCOC(=O)c1cc2c(cn1)[nH]c1ccc([N+](=O)[O-])c(Cl)c12. The van der Waals surface area contributed by atoms with Crippen LogP contribution in [0.25, 0.3) is 21.8 Å². The van der Waals surface area contributed by atoms with Gasteiger partial charge in [0.25, 0.3) is 5.69 Å². The van der Waals surface area contributed by atoms with Crippen molar-refractivity contribution < 1.29 is 14.5 Å². The van der Waals surface area contributed by atoms with Crippen molar-refractivity contribution in [1.82, 2.24) is 9.97 Å². The number of benzene rings is 1. The van der Waals surface area contributed by atoms with E-state index in [2.05, 4.69) is 9.97 Å². The highest BCUT2D eigenvalue weighted by atomic mass is 35.5. The van der Waals surface area contributed by atoms with Crippen LogP contribution >= 0.6 is 11.6 Å². The summed E-state index contributed by atoms with van der Waals surface area (Å²) in [4.78, 5) is 29.3. The van der Waals surface area contributed by atoms with Gasteiger partial charge in [-0.15, -0.1) is 0 Å². The quantitative estimate of drug-likeness (QED) is 0.453. The van der Waals surface area contributed by atoms with Crippen molar-refractivity contribution in [2.75, 3.05) is 6.61 Å². The topological polar surface area (TPSA) is 98.1 Å². The molecule has 0 aliphatic rings. The van der Waals surface area contributed by atoms with Crippen molar-refractivity contribution in [1.29, 1.82) is 0 Å². The molecule has 2 aromatic heterocycles. The number of nitrogens with zero attached hydrogens (tertiary/aromatic N) is 2. The molecule has 0 radical (unpaired) electrons. The fourth-order valence-electron chi connectivity index (χ4n) is 2.30. The number of hydrogen-bond donors (Lipinski definition) is 1. The number of esters is 1. The summed E-state index contributed by atoms with van der Waals surface area (Å²) in [6.07, 6.45) is 1.48. The Hall–Kier alpha value is -2.67. The monoisotopic (exact) mass is 319 g/mol. The highest BCUT2D eigenvalue weighted by Crippen LogP contribution is 2.37. The first-order chi connectivity index (χ1) is 10.5. The minimum Gasteiger partial charge on any atom is -0.461 e. The number of aromatic nitrogens is 2. The molecule has 112 valence electrons. The molecule has 7 nitrogen and oxygen atoms in total. The van der Waals surface area contributed by atoms with Crippen LogP contribution in [0.3, 0.4) is 0 Å². The smallest absolute Gasteiger partial charge is 0.356 e. The Morgan fingerprint density at radius 1 is 1.45 bits per heavy atom. The molecule has 0 saturated heterocycles. The van der Waals surface area contributed by atoms with Crippen LogP contribution in [0, 0.1) is 10.1 Å². The molecule has 2 heterocycles. The van der Waals surface area contributed by atoms with Crippen molar-refractivity contribution in [3.05, 3.63) is 45.2 Å². The Kier molecular flexibility index (Phi) is 3.42. The Labute approximate surface area is 129 Å². The largest absolute Gasteiger partial charge is 0.461 e. The molecule has 0 unspecified atom stereocenters. The van der Waals surface area contributed by atoms with Gasteiger partial charge in [-0.25, -0.2) is 9.78 Å². The summed E-state index contributed by atoms with van der Waals surface area (Å²) in [7, 11) is 0. The lowest BCUT2D eigenvalue weighted by atomic mass is 10.1. The molecule has 0 spiro atoms. The van der Waals surface area contributed by atoms with E-state index < -0.39 is 10.9 Å². The first-order valence-electron chi connectivity index (χ1n) is 6.44. The maximum atomic E-state index is 11.8. The van der Waals surface area contributed by atoms with E-state index in [9.17, 15) is 14.9 Å². The van der Waals surface area contributed by atoms with Gasteiger partial charge in [-0.05, 0) is 19.1 Å². The van der Waals surface area contributed by atoms with Gasteiger partial charge in [0.1, 0.15) is 10.7 Å². The molecule has 3 rings (SSSR count). The number of ether oxygens (including phenoxy) is 1. The molecule has 0 aliphatic heterocycles. The van der Waals surface area contributed by atoms with E-state index in [1.54, 1.807) is 13.0 Å². The number of carbonyl (C=O) groups is 1. The summed E-state index contributed by atoms with van der Waals surface area (Å²) in [6.45, 7) is 1.93. The number of carbonyl (C=O) groups excluding carboxylic acids is 1. The lowest BCUT2D eigenvalue weighted by Crippen LogP contribution is -2.06. The summed E-state index contributed by atoms with van der Waals surface area (Å²) in [5, 5.41) is 12.1. The van der Waals surface area contributed by atoms with Crippen molar-refractivity contribution >= 4 is 45.1 Å². The zero-order valence-electron chi connectivity index (χ0n) is 11.4. The summed E-state index contributed by atoms with van der Waals surface area (Å²) >= 11 is 6.15. The van der Waals surface area contributed by atoms with Gasteiger partial charge in [-0.3, -0.25) is 10.1 Å². The van der Waals surface area contributed by atoms with Crippen LogP contribution in [-0.2, 0) is 4.74 Å². The highest BCUT2D eigenvalue weighted by Gasteiger charge is 2.19. The molecular weight excluding hydrogens is 310 g/mol. The number of H-pyrrole nitrogens is 1. The van der Waals surface area contributed by atoms with Gasteiger partial charge < -0.3 is 9.72 Å². The minimum atomic E-state index is -0.555. The molecule has 8 heteroatoms. The van der Waals surface area contributed by atoms with E-state index in [0.717, 1.165) is 0 Å². The summed E-state index contributed by atoms with van der Waals surface area (Å²) < 4.78 is 4.90. The number of pyridine rings is 1. The molecule has 0 fully saturated rings. The lowest BCUT2D eigenvalue weighted by Gasteiger charge is -2.01. The first kappa shape index (κ1) is 14.3. The van der Waals surface area contributed by atoms with Crippen LogP contribution in [0.4, 0.5) is 5.69 Å². The third kappa shape index (κ3) is 2.15. The predicted octanol–water partition coefficient (Wildman–Crippen LogP) is 3.45. The van der Waals surface area contributed by atoms with Crippen LogP contribution in [0.1, 0.15) is 17.4 Å². The van der Waals surface area contributed by atoms with Crippen molar-refractivity contribution in [2.45, 2.75) is 6.92 Å². The number of aromatic amines is 1. The van der Waals surface area contributed by atoms with Gasteiger partial charge in [-0.2, -0.15) is 0 Å². The Balaban J connectivity index is 2.30. The Morgan fingerprint density at radius 3 is 2.91 bits per heavy atom. The standard InChI is InChI=1S/C14H10ClN3O4/c1-2-22-14(19)9-5-7-10(6-16-9)17-8-3-4-11(18(20)21)13(15)12(7)8/h3-6,17H,2H2,1H3. The van der Waals surface area contributed by atoms with Crippen molar-refractivity contribution in [2.24, 2.45) is 0 Å². The molecular formula is C14H10ClN3O4. The number of rotatable bonds is 3. The molecule has 0 atom stereocenters. The van der Waals surface area contributed by atoms with Gasteiger partial charge in [0.15, 0.2) is 0 Å². The second kappa shape index (κ2) is 5.27. The van der Waals surface area contributed by atoms with E-state index in [-0.39, 0.29) is 23.0 Å². The second-order valence-corrected chi connectivity index (χ2v) is 4.92. The van der Waals surface area contributed by atoms with Crippen LogP contribution in [0.5, 0.6) is 0 Å². The average molecular weight is 320 g/mol. The zero-order chi connectivity index (χ0) is 15.9. The molecule has 0 bridgehead atoms. The average Bonchev–Trinajstić information content (AvgIpc) is 2.85. The Bertz CT molecular complexity index is 919. The number of nitro groups is 1. The molecule has 1 N–H and O–H groups in total. The van der Waals surface area contributed by atoms with Crippen LogP contribution in [0.15, 0.2) is 24.4 Å². The van der Waals surface area contributed by atoms with Gasteiger partial charge >= 0.3 is 5.97 Å². The third-order valence-corrected chi connectivity index (χ3v) is 3.63. The summed E-state index contributed by atoms with van der Waals surface area (Å²) in [5.74, 6) is -0.555. The second-order valence-electron chi connectivity index (χ2n) is 4.54. The van der Waals surface area contributed by atoms with Crippen LogP contribution in [0.2, 0.25) is 5.02 Å². The maximum absolute atomic E-state index is 11.8. The predicted molar refractivity (Wildman–Crippen MR) is 81.2 cm³/mol. The maximum Gasteiger partial charge on any atom is 0.356 e. The lowest BCUT2D eigenvalue weighted by molar-refractivity contribution is -0.384. The van der Waals surface area contributed by atoms with Crippen molar-refractivity contribution in [3.8, 4) is 0 Å². The van der Waals surface area contributed by atoms with Crippen molar-refractivity contribution in [3.63, 3.8) is 0 Å². The molecule has 22 heavy (non-hydrogen) atoms. The van der Waals surface area contributed by atoms with Crippen LogP contribution in [-0.4, -0.2) is 27.5 Å². The van der Waals surface area contributed by atoms with Gasteiger partial charge in [0, 0.05) is 22.4 Å². The van der Waals surface area contributed by atoms with Crippen LogP contribution < -0.4 is 0 Å². The van der Waals surface area contributed by atoms with E-state index >= 15 is 0 Å². The molecule has 0 amide bonds. The van der Waals surface area contributed by atoms with E-state index in [1.807, 2.05) is 0 Å². The number of hydrogen-bond acceptors (Lipinski definition) is 5. The van der Waals surface area contributed by atoms with E-state index in [1.165, 1.54) is 18.3 Å². The first-order valence-corrected chi connectivity index (χ1v) is 6.82. The summed E-state index contributed by atoms with van der Waals surface area (Å²) in [5.41, 5.74) is 1.20. The zero-order valence-corrected chi connectivity index (χ0v) is 12.2. The molecule has 0 aliphatic carbocycles. The molecule has 0 saturated carbocycles. The van der Waals surface area contributed by atoms with E-state index in [0.29, 0.717) is 21.8 Å². The number of nitrogens with one attached hydrogen (secondary N) is 1. The van der Waals surface area contributed by atoms with Gasteiger partial charge in [0.05, 0.1) is 23.2 Å². The normalized spacial score (nSPS) is 11.0. The minimum absolute atomic E-state index is 0.0229. The summed E-state index contributed by atoms with van der Waals surface area (Å²) in [6, 6.07) is 4.42. The highest BCUT2D eigenvalue weighted by molar-refractivity contribution is 6.40. The van der Waals surface area contributed by atoms with Gasteiger partial charge in [0.2, 0.25) is 0 Å². The fourth-order valence-corrected chi connectivity index (χ4v) is 2.63. The number of fused-ring (bicyclic) bond motifs is 3. The van der Waals surface area contributed by atoms with Gasteiger partial charge in [-0.1, -0.05) is 11.6 Å². The fraction of sp³-hybridized carbons (Fsp3) is 0.143. The molecule has 3 aromatic rings. The third-order valence-electron chi connectivity index (χ3n) is 3.25. The molecule has 1 aromatic carbocycles. The Morgan fingerprint density at radius 2 is 2.23 bits per heavy atom. The van der Waals surface area contributed by atoms with E-state index in [4.69, 9.17) is 16.3 Å². The number of nitro benzene ring substituents is 1.